The lowest BCUT2D eigenvalue weighted by molar-refractivity contribution is -0.175. The van der Waals surface area contributed by atoms with E-state index in [0.29, 0.717) is 19.3 Å². The van der Waals surface area contributed by atoms with E-state index in [1.54, 1.807) is 6.92 Å². The first kappa shape index (κ1) is 56.2. The van der Waals surface area contributed by atoms with Gasteiger partial charge in [0.15, 0.2) is 0 Å². The molecule has 2 unspecified atom stereocenters. The molecule has 0 bridgehead atoms. The first-order valence-electron chi connectivity index (χ1n) is 26.0. The summed E-state index contributed by atoms with van der Waals surface area (Å²) < 4.78 is 5.98. The highest BCUT2D eigenvalue weighted by atomic mass is 16.5. The van der Waals surface area contributed by atoms with Crippen LogP contribution in [0.15, 0.2) is 0 Å². The highest BCUT2D eigenvalue weighted by Gasteiger charge is 2.42. The molecule has 352 valence electrons. The van der Waals surface area contributed by atoms with Crippen LogP contribution in [-0.2, 0) is 9.53 Å². The van der Waals surface area contributed by atoms with Crippen LogP contribution in [0, 0.1) is 5.92 Å². The summed E-state index contributed by atoms with van der Waals surface area (Å²) in [6.45, 7) is 6.24. The average Bonchev–Trinajstić information content (AvgIpc) is 3.23. The molecule has 0 aromatic carbocycles. The number of hydrogen-bond donors (Lipinski definition) is 6. The van der Waals surface area contributed by atoms with E-state index in [9.17, 15) is 30.3 Å². The molecule has 0 aliphatic heterocycles. The maximum absolute atomic E-state index is 13.1. The molecule has 0 saturated heterocycles. The van der Waals surface area contributed by atoms with Gasteiger partial charge < -0.3 is 35.6 Å². The molecule has 1 aliphatic carbocycles. The molecule has 59 heavy (non-hydrogen) atoms. The Bertz CT molecular complexity index is 907. The van der Waals surface area contributed by atoms with Gasteiger partial charge in [0.25, 0.3) is 0 Å². The molecule has 0 aromatic rings. The maximum Gasteiger partial charge on any atom is 0.220 e. The number of ether oxygens (including phenoxy) is 1. The SMILES string of the molecule is CCCCCCCCCCCCCCCCCCCCCCCCCC(=O)N[C@@H](CO[C@@H]1CC(C)[C@H](O)[C@H](O)C1O)[C@H](O)[C@H](O)CCCCCCCCCCCCCC. The predicted octanol–water partition coefficient (Wildman–Crippen LogP) is 12.2. The number of rotatable bonds is 43. The lowest BCUT2D eigenvalue weighted by atomic mass is 9.82. The summed E-state index contributed by atoms with van der Waals surface area (Å²) in [6, 6.07) is -0.842. The van der Waals surface area contributed by atoms with Crippen LogP contribution in [0.1, 0.15) is 265 Å². The number of aliphatic hydroxyl groups is 5. The van der Waals surface area contributed by atoms with Crippen LogP contribution in [0.3, 0.4) is 0 Å². The van der Waals surface area contributed by atoms with Gasteiger partial charge >= 0.3 is 0 Å². The Morgan fingerprint density at radius 2 is 0.847 bits per heavy atom. The van der Waals surface area contributed by atoms with Crippen molar-refractivity contribution in [2.45, 2.75) is 307 Å². The van der Waals surface area contributed by atoms with Crippen LogP contribution in [-0.4, -0.2) is 80.7 Å². The monoisotopic (exact) mass is 840 g/mol. The molecule has 8 nitrogen and oxygen atoms in total. The molecule has 1 fully saturated rings. The van der Waals surface area contributed by atoms with E-state index in [1.807, 2.05) is 0 Å². The zero-order valence-corrected chi connectivity index (χ0v) is 39.2. The molecule has 8 atom stereocenters. The van der Waals surface area contributed by atoms with Crippen LogP contribution < -0.4 is 5.32 Å². The third-order valence-corrected chi connectivity index (χ3v) is 13.3. The Hall–Kier alpha value is -0.770. The summed E-state index contributed by atoms with van der Waals surface area (Å²) in [5, 5.41) is 56.1. The van der Waals surface area contributed by atoms with E-state index in [4.69, 9.17) is 4.74 Å². The molecule has 8 heteroatoms. The fraction of sp³-hybridized carbons (Fsp3) is 0.980. The number of unbranched alkanes of at least 4 members (excludes halogenated alkanes) is 33. The van der Waals surface area contributed by atoms with Crippen LogP contribution in [0.25, 0.3) is 0 Å². The predicted molar refractivity (Wildman–Crippen MR) is 248 cm³/mol. The van der Waals surface area contributed by atoms with Gasteiger partial charge in [-0.2, -0.15) is 0 Å². The summed E-state index contributed by atoms with van der Waals surface area (Å²) in [4.78, 5) is 13.1. The third kappa shape index (κ3) is 30.8. The van der Waals surface area contributed by atoms with Gasteiger partial charge in [0.2, 0.25) is 5.91 Å². The van der Waals surface area contributed by atoms with Crippen molar-refractivity contribution in [1.29, 1.82) is 0 Å². The first-order valence-corrected chi connectivity index (χ1v) is 26.0. The van der Waals surface area contributed by atoms with Crippen molar-refractivity contribution in [1.82, 2.24) is 5.32 Å². The van der Waals surface area contributed by atoms with Gasteiger partial charge in [-0.05, 0) is 25.2 Å². The summed E-state index contributed by atoms with van der Waals surface area (Å²) in [7, 11) is 0. The van der Waals surface area contributed by atoms with Crippen molar-refractivity contribution in [3.05, 3.63) is 0 Å². The van der Waals surface area contributed by atoms with Crippen LogP contribution in [0.4, 0.5) is 0 Å². The molecular formula is C51H101NO7. The molecule has 1 aliphatic rings. The van der Waals surface area contributed by atoms with Crippen molar-refractivity contribution in [2.75, 3.05) is 6.61 Å². The zero-order chi connectivity index (χ0) is 43.2. The van der Waals surface area contributed by atoms with Gasteiger partial charge in [0, 0.05) is 6.42 Å². The van der Waals surface area contributed by atoms with E-state index in [1.165, 1.54) is 186 Å². The second-order valence-corrected chi connectivity index (χ2v) is 19.0. The topological polar surface area (TPSA) is 139 Å². The Labute approximate surface area is 365 Å². The van der Waals surface area contributed by atoms with Crippen LogP contribution in [0.2, 0.25) is 0 Å². The van der Waals surface area contributed by atoms with Crippen molar-refractivity contribution in [2.24, 2.45) is 5.92 Å². The van der Waals surface area contributed by atoms with Gasteiger partial charge in [-0.15, -0.1) is 0 Å². The number of carbonyl (C=O) groups is 1. The largest absolute Gasteiger partial charge is 0.390 e. The number of amides is 1. The van der Waals surface area contributed by atoms with E-state index in [-0.39, 0.29) is 18.4 Å². The maximum atomic E-state index is 13.1. The second kappa shape index (κ2) is 40.0. The Morgan fingerprint density at radius 3 is 1.22 bits per heavy atom. The Balaban J connectivity index is 2.23. The quantitative estimate of drug-likeness (QED) is 0.0336. The lowest BCUT2D eigenvalue weighted by Crippen LogP contribution is -2.56. The first-order chi connectivity index (χ1) is 28.7. The van der Waals surface area contributed by atoms with Crippen molar-refractivity contribution in [3.8, 4) is 0 Å². The van der Waals surface area contributed by atoms with E-state index < -0.39 is 42.7 Å². The average molecular weight is 840 g/mol. The molecule has 1 amide bonds. The molecular weight excluding hydrogens is 739 g/mol. The van der Waals surface area contributed by atoms with Gasteiger partial charge in [-0.1, -0.05) is 239 Å². The van der Waals surface area contributed by atoms with E-state index >= 15 is 0 Å². The normalized spacial score (nSPS) is 21.1. The van der Waals surface area contributed by atoms with Gasteiger partial charge in [-0.3, -0.25) is 4.79 Å². The molecule has 0 radical (unpaired) electrons. The Morgan fingerprint density at radius 1 is 0.508 bits per heavy atom. The minimum atomic E-state index is -1.32. The summed E-state index contributed by atoms with van der Waals surface area (Å²) in [6.07, 6.45) is 39.7. The fourth-order valence-corrected chi connectivity index (χ4v) is 9.01. The smallest absolute Gasteiger partial charge is 0.220 e. The van der Waals surface area contributed by atoms with E-state index in [2.05, 4.69) is 19.2 Å². The van der Waals surface area contributed by atoms with Crippen molar-refractivity contribution in [3.63, 3.8) is 0 Å². The minimum absolute atomic E-state index is 0.0981. The molecule has 0 heterocycles. The highest BCUT2D eigenvalue weighted by Crippen LogP contribution is 2.28. The third-order valence-electron chi connectivity index (χ3n) is 13.3. The summed E-state index contributed by atoms with van der Waals surface area (Å²) >= 11 is 0. The number of carbonyl (C=O) groups excluding carboxylic acids is 1. The summed E-state index contributed by atoms with van der Waals surface area (Å²) in [5.74, 6) is -0.446. The van der Waals surface area contributed by atoms with Gasteiger partial charge in [0.1, 0.15) is 18.3 Å². The number of hydrogen-bond acceptors (Lipinski definition) is 7. The van der Waals surface area contributed by atoms with Crippen LogP contribution >= 0.6 is 0 Å². The van der Waals surface area contributed by atoms with Crippen LogP contribution in [0.5, 0.6) is 0 Å². The highest BCUT2D eigenvalue weighted by molar-refractivity contribution is 5.76. The van der Waals surface area contributed by atoms with Gasteiger partial charge in [0.05, 0.1) is 31.0 Å². The minimum Gasteiger partial charge on any atom is -0.390 e. The molecule has 1 saturated carbocycles. The van der Waals surface area contributed by atoms with Crippen molar-refractivity contribution < 1.29 is 35.1 Å². The lowest BCUT2D eigenvalue weighted by Gasteiger charge is -2.39. The van der Waals surface area contributed by atoms with E-state index in [0.717, 1.165) is 38.5 Å². The fourth-order valence-electron chi connectivity index (χ4n) is 9.01. The Kier molecular flexibility index (Phi) is 38.2. The number of aliphatic hydroxyl groups excluding tert-OH is 5. The molecule has 0 aromatic heterocycles. The number of nitrogens with one attached hydrogen (secondary N) is 1. The van der Waals surface area contributed by atoms with Crippen molar-refractivity contribution >= 4 is 5.91 Å². The standard InChI is InChI=1S/C51H101NO7/c1-4-6-8-10-12-14-16-18-19-20-21-22-23-24-25-26-27-28-30-32-34-36-38-40-47(54)52-44(42-59-46-41-43(3)48(55)51(58)50(46)57)49(56)45(53)39-37-35-33-31-29-17-15-13-11-9-7-5-2/h43-46,48-51,53,55-58H,4-42H2,1-3H3,(H,52,54)/t43?,44-,45+,46+,48-,49-,50?,51-/m0/s1. The molecule has 6 N–H and O–H groups in total. The van der Waals surface area contributed by atoms with Gasteiger partial charge in [-0.25, -0.2) is 0 Å². The summed E-state index contributed by atoms with van der Waals surface area (Å²) in [5.41, 5.74) is 0. The second-order valence-electron chi connectivity index (χ2n) is 19.0. The zero-order valence-electron chi connectivity index (χ0n) is 39.2. The molecule has 1 rings (SSSR count). The molecule has 0 spiro atoms.